The van der Waals surface area contributed by atoms with Crippen molar-refractivity contribution in [1.82, 2.24) is 20.0 Å². The third-order valence-electron chi connectivity index (χ3n) is 3.43. The molecule has 2 atom stereocenters. The van der Waals surface area contributed by atoms with E-state index in [9.17, 15) is 0 Å². The fourth-order valence-corrected chi connectivity index (χ4v) is 2.44. The Hall–Kier alpha value is -0.870. The molecule has 2 heterocycles. The Labute approximate surface area is 97.6 Å². The van der Waals surface area contributed by atoms with Crippen LogP contribution in [-0.4, -0.2) is 41.4 Å². The van der Waals surface area contributed by atoms with E-state index in [2.05, 4.69) is 35.5 Å². The first-order chi connectivity index (χ1) is 7.65. The van der Waals surface area contributed by atoms with Crippen LogP contribution in [-0.2, 0) is 13.6 Å². The minimum Gasteiger partial charge on any atom is -0.316 e. The molecule has 1 N–H and O–H groups in total. The lowest BCUT2D eigenvalue weighted by Gasteiger charge is -2.22. The van der Waals surface area contributed by atoms with Gasteiger partial charge in [0.1, 0.15) is 0 Å². The Morgan fingerprint density at radius 1 is 1.56 bits per heavy atom. The first-order valence-corrected chi connectivity index (χ1v) is 6.02. The summed E-state index contributed by atoms with van der Waals surface area (Å²) in [6.45, 7) is 6.84. The summed E-state index contributed by atoms with van der Waals surface area (Å²) in [5, 5.41) is 7.65. The van der Waals surface area contributed by atoms with E-state index in [4.69, 9.17) is 0 Å². The standard InChI is InChI=1S/C12H22N4/c1-10-4-13-6-12(10)9-15(2)7-11-5-14-16(3)8-11/h5,8,10,12-13H,4,6-7,9H2,1-3H3/t10-,12+/m1/s1. The SMILES string of the molecule is C[C@@H]1CNC[C@H]1CN(C)Cc1cnn(C)c1. The van der Waals surface area contributed by atoms with Gasteiger partial charge < -0.3 is 10.2 Å². The average molecular weight is 222 g/mol. The third kappa shape index (κ3) is 2.83. The Morgan fingerprint density at radius 2 is 2.38 bits per heavy atom. The quantitative estimate of drug-likeness (QED) is 0.814. The van der Waals surface area contributed by atoms with Crippen LogP contribution in [0.15, 0.2) is 12.4 Å². The second kappa shape index (κ2) is 4.97. The maximum atomic E-state index is 4.19. The fraction of sp³-hybridized carbons (Fsp3) is 0.750. The second-order valence-corrected chi connectivity index (χ2v) is 5.11. The van der Waals surface area contributed by atoms with Gasteiger partial charge in [-0.05, 0) is 32.0 Å². The molecule has 0 saturated carbocycles. The second-order valence-electron chi connectivity index (χ2n) is 5.11. The summed E-state index contributed by atoms with van der Waals surface area (Å²) in [6, 6.07) is 0. The highest BCUT2D eigenvalue weighted by Gasteiger charge is 2.23. The largest absolute Gasteiger partial charge is 0.316 e. The van der Waals surface area contributed by atoms with E-state index in [1.54, 1.807) is 0 Å². The van der Waals surface area contributed by atoms with Crippen LogP contribution in [0.25, 0.3) is 0 Å². The van der Waals surface area contributed by atoms with E-state index in [0.29, 0.717) is 0 Å². The first-order valence-electron chi connectivity index (χ1n) is 6.02. The van der Waals surface area contributed by atoms with Crippen molar-refractivity contribution in [2.75, 3.05) is 26.7 Å². The molecule has 16 heavy (non-hydrogen) atoms. The lowest BCUT2D eigenvalue weighted by atomic mass is 9.98. The van der Waals surface area contributed by atoms with Crippen LogP contribution in [0.2, 0.25) is 0 Å². The highest BCUT2D eigenvalue weighted by atomic mass is 15.2. The molecule has 0 unspecified atom stereocenters. The molecular formula is C12H22N4. The zero-order valence-electron chi connectivity index (χ0n) is 10.5. The van der Waals surface area contributed by atoms with E-state index in [1.807, 2.05) is 17.9 Å². The minimum atomic E-state index is 0.793. The zero-order valence-corrected chi connectivity index (χ0v) is 10.5. The van der Waals surface area contributed by atoms with Crippen LogP contribution in [0.4, 0.5) is 0 Å². The summed E-state index contributed by atoms with van der Waals surface area (Å²) in [5.74, 6) is 1.60. The normalized spacial score (nSPS) is 25.5. The van der Waals surface area contributed by atoms with Gasteiger partial charge in [-0.2, -0.15) is 5.10 Å². The van der Waals surface area contributed by atoms with Gasteiger partial charge in [0, 0.05) is 31.9 Å². The van der Waals surface area contributed by atoms with Gasteiger partial charge in [-0.1, -0.05) is 6.92 Å². The van der Waals surface area contributed by atoms with Crippen LogP contribution in [0.1, 0.15) is 12.5 Å². The lowest BCUT2D eigenvalue weighted by Crippen LogP contribution is -2.28. The topological polar surface area (TPSA) is 33.1 Å². The van der Waals surface area contributed by atoms with Gasteiger partial charge in [0.25, 0.3) is 0 Å². The maximum absolute atomic E-state index is 4.19. The van der Waals surface area contributed by atoms with Crippen molar-refractivity contribution in [2.45, 2.75) is 13.5 Å². The van der Waals surface area contributed by atoms with Crippen LogP contribution in [0.5, 0.6) is 0 Å². The maximum Gasteiger partial charge on any atom is 0.0534 e. The summed E-state index contributed by atoms with van der Waals surface area (Å²) >= 11 is 0. The molecule has 2 rings (SSSR count). The van der Waals surface area contributed by atoms with E-state index >= 15 is 0 Å². The molecule has 4 heteroatoms. The van der Waals surface area contributed by atoms with E-state index in [-0.39, 0.29) is 0 Å². The number of rotatable bonds is 4. The van der Waals surface area contributed by atoms with Gasteiger partial charge in [0.05, 0.1) is 6.20 Å². The summed E-state index contributed by atoms with van der Waals surface area (Å²) in [6.07, 6.45) is 4.04. The summed E-state index contributed by atoms with van der Waals surface area (Å²) < 4.78 is 1.86. The fourth-order valence-electron chi connectivity index (χ4n) is 2.44. The average Bonchev–Trinajstić information content (AvgIpc) is 2.77. The molecule has 1 aromatic rings. The molecule has 0 radical (unpaired) electrons. The molecule has 1 aliphatic rings. The molecule has 0 aliphatic carbocycles. The minimum absolute atomic E-state index is 0.793. The molecule has 1 saturated heterocycles. The molecule has 0 aromatic carbocycles. The van der Waals surface area contributed by atoms with E-state index in [1.165, 1.54) is 25.2 Å². The molecule has 1 fully saturated rings. The first kappa shape index (κ1) is 11.6. The predicted molar refractivity (Wildman–Crippen MR) is 65.1 cm³/mol. The smallest absolute Gasteiger partial charge is 0.0534 e. The van der Waals surface area contributed by atoms with Crippen molar-refractivity contribution in [3.8, 4) is 0 Å². The van der Waals surface area contributed by atoms with Gasteiger partial charge in [0.2, 0.25) is 0 Å². The van der Waals surface area contributed by atoms with Gasteiger partial charge in [-0.25, -0.2) is 0 Å². The lowest BCUT2D eigenvalue weighted by molar-refractivity contribution is 0.252. The van der Waals surface area contributed by atoms with Crippen molar-refractivity contribution in [1.29, 1.82) is 0 Å². The highest BCUT2D eigenvalue weighted by molar-refractivity contribution is 5.03. The highest BCUT2D eigenvalue weighted by Crippen LogP contribution is 2.17. The van der Waals surface area contributed by atoms with Crippen LogP contribution in [0, 0.1) is 11.8 Å². The van der Waals surface area contributed by atoms with Crippen molar-refractivity contribution in [3.63, 3.8) is 0 Å². The van der Waals surface area contributed by atoms with Crippen molar-refractivity contribution in [2.24, 2.45) is 18.9 Å². The van der Waals surface area contributed by atoms with Crippen molar-refractivity contribution < 1.29 is 0 Å². The Bertz CT molecular complexity index is 334. The number of hydrogen-bond donors (Lipinski definition) is 1. The zero-order chi connectivity index (χ0) is 11.5. The number of aryl methyl sites for hydroxylation is 1. The Balaban J connectivity index is 1.82. The summed E-state index contributed by atoms with van der Waals surface area (Å²) in [4.78, 5) is 2.39. The molecule has 4 nitrogen and oxygen atoms in total. The number of hydrogen-bond acceptors (Lipinski definition) is 3. The Morgan fingerprint density at radius 3 is 2.94 bits per heavy atom. The molecule has 0 spiro atoms. The molecule has 1 aromatic heterocycles. The molecular weight excluding hydrogens is 200 g/mol. The molecule has 1 aliphatic heterocycles. The summed E-state index contributed by atoms with van der Waals surface area (Å²) in [7, 11) is 4.16. The monoisotopic (exact) mass is 222 g/mol. The van der Waals surface area contributed by atoms with Crippen molar-refractivity contribution >= 4 is 0 Å². The number of nitrogens with zero attached hydrogens (tertiary/aromatic N) is 3. The Kier molecular flexibility index (Phi) is 3.61. The van der Waals surface area contributed by atoms with Crippen LogP contribution < -0.4 is 5.32 Å². The predicted octanol–water partition coefficient (Wildman–Crippen LogP) is 0.707. The molecule has 0 bridgehead atoms. The number of nitrogens with one attached hydrogen (secondary N) is 1. The van der Waals surface area contributed by atoms with Gasteiger partial charge >= 0.3 is 0 Å². The van der Waals surface area contributed by atoms with Gasteiger partial charge in [-0.15, -0.1) is 0 Å². The number of aromatic nitrogens is 2. The molecule has 0 amide bonds. The third-order valence-corrected chi connectivity index (χ3v) is 3.43. The molecule has 90 valence electrons. The van der Waals surface area contributed by atoms with Crippen LogP contribution in [0.3, 0.4) is 0 Å². The van der Waals surface area contributed by atoms with Gasteiger partial charge in [0.15, 0.2) is 0 Å². The van der Waals surface area contributed by atoms with E-state index in [0.717, 1.165) is 18.4 Å². The van der Waals surface area contributed by atoms with Crippen LogP contribution >= 0.6 is 0 Å². The van der Waals surface area contributed by atoms with Gasteiger partial charge in [-0.3, -0.25) is 4.68 Å². The summed E-state index contributed by atoms with van der Waals surface area (Å²) in [5.41, 5.74) is 1.30. The van der Waals surface area contributed by atoms with Crippen molar-refractivity contribution in [3.05, 3.63) is 18.0 Å². The van der Waals surface area contributed by atoms with E-state index < -0.39 is 0 Å².